The molecule has 0 unspecified atom stereocenters. The fourth-order valence-electron chi connectivity index (χ4n) is 4.10. The topological polar surface area (TPSA) is 87.7 Å². The lowest BCUT2D eigenvalue weighted by Crippen LogP contribution is -2.54. The molecule has 1 saturated heterocycles. The summed E-state index contributed by atoms with van der Waals surface area (Å²) in [6.45, 7) is 5.51. The summed E-state index contributed by atoms with van der Waals surface area (Å²) < 4.78 is 5.33. The van der Waals surface area contributed by atoms with Crippen LogP contribution < -0.4 is 15.4 Å². The van der Waals surface area contributed by atoms with E-state index in [9.17, 15) is 14.4 Å². The highest BCUT2D eigenvalue weighted by Gasteiger charge is 2.34. The average Bonchev–Trinajstić information content (AvgIpc) is 2.85. The number of para-hydroxylation sites is 1. The van der Waals surface area contributed by atoms with Gasteiger partial charge in [0, 0.05) is 19.6 Å². The number of nitrogens with zero attached hydrogens (tertiary/aromatic N) is 1. The Kier molecular flexibility index (Phi) is 8.93. The number of benzene rings is 2. The summed E-state index contributed by atoms with van der Waals surface area (Å²) in [5.41, 5.74) is 0.844. The number of hydrogen-bond donors (Lipinski definition) is 2. The monoisotopic (exact) mass is 485 g/mol. The number of amides is 3. The third kappa shape index (κ3) is 6.29. The number of piperidine rings is 1. The molecule has 34 heavy (non-hydrogen) atoms. The highest BCUT2D eigenvalue weighted by molar-refractivity contribution is 6.33. The van der Waals surface area contributed by atoms with Crippen molar-refractivity contribution >= 4 is 29.3 Å². The van der Waals surface area contributed by atoms with Gasteiger partial charge in [-0.15, -0.1) is 0 Å². The smallest absolute Gasteiger partial charge is 0.257 e. The normalized spacial score (nSPS) is 15.0. The van der Waals surface area contributed by atoms with E-state index in [0.29, 0.717) is 54.4 Å². The Hall–Kier alpha value is -3.06. The number of nitrogens with one attached hydrogen (secondary N) is 2. The lowest BCUT2D eigenvalue weighted by Gasteiger charge is -2.36. The molecule has 8 heteroatoms. The van der Waals surface area contributed by atoms with Gasteiger partial charge in [-0.05, 0) is 48.9 Å². The highest BCUT2D eigenvalue weighted by atomic mass is 35.5. The van der Waals surface area contributed by atoms with Gasteiger partial charge in [-0.2, -0.15) is 0 Å². The molecule has 0 aromatic heterocycles. The Bertz CT molecular complexity index is 1020. The van der Waals surface area contributed by atoms with Gasteiger partial charge in [-0.3, -0.25) is 14.4 Å². The van der Waals surface area contributed by atoms with Crippen molar-refractivity contribution in [2.75, 3.05) is 26.7 Å². The van der Waals surface area contributed by atoms with Crippen LogP contribution in [0.2, 0.25) is 5.02 Å². The summed E-state index contributed by atoms with van der Waals surface area (Å²) in [6.07, 6.45) is 1.17. The molecule has 1 fully saturated rings. The largest absolute Gasteiger partial charge is 0.496 e. The van der Waals surface area contributed by atoms with E-state index >= 15 is 0 Å². The van der Waals surface area contributed by atoms with E-state index in [2.05, 4.69) is 10.6 Å². The van der Waals surface area contributed by atoms with Crippen molar-refractivity contribution < 1.29 is 19.1 Å². The van der Waals surface area contributed by atoms with Gasteiger partial charge in [0.1, 0.15) is 11.8 Å². The maximum Gasteiger partial charge on any atom is 0.257 e. The van der Waals surface area contributed by atoms with E-state index in [1.54, 1.807) is 48.4 Å². The Labute approximate surface area is 205 Å². The maximum atomic E-state index is 13.1. The van der Waals surface area contributed by atoms with Crippen LogP contribution in [-0.2, 0) is 4.79 Å². The minimum Gasteiger partial charge on any atom is -0.496 e. The molecular formula is C26H32ClN3O4. The Morgan fingerprint density at radius 3 is 2.26 bits per heavy atom. The molecule has 0 radical (unpaired) electrons. The van der Waals surface area contributed by atoms with Crippen LogP contribution in [0.15, 0.2) is 48.5 Å². The van der Waals surface area contributed by atoms with Crippen LogP contribution in [0.25, 0.3) is 0 Å². The Morgan fingerprint density at radius 1 is 1.03 bits per heavy atom. The summed E-state index contributed by atoms with van der Waals surface area (Å²) in [4.78, 5) is 40.8. The molecule has 0 spiro atoms. The molecule has 2 aromatic rings. The van der Waals surface area contributed by atoms with Gasteiger partial charge in [-0.1, -0.05) is 49.7 Å². The molecule has 3 amide bonds. The molecule has 182 valence electrons. The van der Waals surface area contributed by atoms with E-state index in [1.165, 1.54) is 0 Å². The van der Waals surface area contributed by atoms with Crippen molar-refractivity contribution in [1.29, 1.82) is 0 Å². The SMILES string of the molecule is COc1ccccc1C(=O)N1CCC([C@@H](NC(=O)c2ccccc2Cl)C(=O)NCC(C)C)CC1. The zero-order valence-electron chi connectivity index (χ0n) is 19.8. The van der Waals surface area contributed by atoms with E-state index in [0.717, 1.165) is 0 Å². The van der Waals surface area contributed by atoms with Gasteiger partial charge in [0.25, 0.3) is 11.8 Å². The number of ether oxygens (including phenoxy) is 1. The fourth-order valence-corrected chi connectivity index (χ4v) is 4.33. The third-order valence-corrected chi connectivity index (χ3v) is 6.34. The molecule has 2 N–H and O–H groups in total. The molecule has 0 bridgehead atoms. The second kappa shape index (κ2) is 11.9. The molecular weight excluding hydrogens is 454 g/mol. The van der Waals surface area contributed by atoms with Crippen LogP contribution in [0.5, 0.6) is 5.75 Å². The Morgan fingerprint density at radius 2 is 1.65 bits per heavy atom. The van der Waals surface area contributed by atoms with Crippen LogP contribution in [0.3, 0.4) is 0 Å². The van der Waals surface area contributed by atoms with Crippen molar-refractivity contribution in [2.45, 2.75) is 32.7 Å². The van der Waals surface area contributed by atoms with Crippen molar-refractivity contribution in [3.05, 3.63) is 64.7 Å². The van der Waals surface area contributed by atoms with Crippen LogP contribution in [0.1, 0.15) is 47.4 Å². The molecule has 1 atom stereocenters. The van der Waals surface area contributed by atoms with E-state index in [-0.39, 0.29) is 29.6 Å². The molecule has 1 aliphatic rings. The van der Waals surface area contributed by atoms with Gasteiger partial charge in [0.15, 0.2) is 0 Å². The van der Waals surface area contributed by atoms with Gasteiger partial charge in [0.2, 0.25) is 5.91 Å². The first kappa shape index (κ1) is 25.6. The van der Waals surface area contributed by atoms with E-state index in [1.807, 2.05) is 26.0 Å². The number of carbonyl (C=O) groups excluding carboxylic acids is 3. The summed E-state index contributed by atoms with van der Waals surface area (Å²) in [7, 11) is 1.54. The average molecular weight is 486 g/mol. The van der Waals surface area contributed by atoms with E-state index in [4.69, 9.17) is 16.3 Å². The highest BCUT2D eigenvalue weighted by Crippen LogP contribution is 2.26. The van der Waals surface area contributed by atoms with Crippen molar-refractivity contribution in [3.63, 3.8) is 0 Å². The van der Waals surface area contributed by atoms with Gasteiger partial charge < -0.3 is 20.3 Å². The number of methoxy groups -OCH3 is 1. The first-order chi connectivity index (χ1) is 16.3. The van der Waals surface area contributed by atoms with Crippen molar-refractivity contribution in [1.82, 2.24) is 15.5 Å². The molecule has 3 rings (SSSR count). The first-order valence-electron chi connectivity index (χ1n) is 11.6. The van der Waals surface area contributed by atoms with Crippen LogP contribution in [0.4, 0.5) is 0 Å². The molecule has 7 nitrogen and oxygen atoms in total. The lowest BCUT2D eigenvalue weighted by molar-refractivity contribution is -0.124. The number of likely N-dealkylation sites (tertiary alicyclic amines) is 1. The van der Waals surface area contributed by atoms with Crippen molar-refractivity contribution in [2.24, 2.45) is 11.8 Å². The predicted octanol–water partition coefficient (Wildman–Crippen LogP) is 3.77. The lowest BCUT2D eigenvalue weighted by atomic mass is 9.88. The number of halogens is 1. The predicted molar refractivity (Wildman–Crippen MR) is 132 cm³/mol. The molecule has 1 heterocycles. The number of hydrogen-bond acceptors (Lipinski definition) is 4. The zero-order valence-corrected chi connectivity index (χ0v) is 20.6. The zero-order chi connectivity index (χ0) is 24.7. The minimum atomic E-state index is -0.717. The minimum absolute atomic E-state index is 0.100. The van der Waals surface area contributed by atoms with Gasteiger partial charge in [0.05, 0.1) is 23.3 Å². The van der Waals surface area contributed by atoms with Crippen LogP contribution in [0, 0.1) is 11.8 Å². The summed E-state index contributed by atoms with van der Waals surface area (Å²) in [6, 6.07) is 13.2. The third-order valence-electron chi connectivity index (χ3n) is 6.01. The van der Waals surface area contributed by atoms with Crippen LogP contribution in [-0.4, -0.2) is 55.4 Å². The van der Waals surface area contributed by atoms with E-state index < -0.39 is 6.04 Å². The van der Waals surface area contributed by atoms with Crippen LogP contribution >= 0.6 is 11.6 Å². The summed E-state index contributed by atoms with van der Waals surface area (Å²) in [5, 5.41) is 6.18. The second-order valence-corrected chi connectivity index (χ2v) is 9.31. The molecule has 0 saturated carbocycles. The quantitative estimate of drug-likeness (QED) is 0.595. The summed E-state index contributed by atoms with van der Waals surface area (Å²) >= 11 is 6.19. The van der Waals surface area contributed by atoms with Crippen molar-refractivity contribution in [3.8, 4) is 5.75 Å². The molecule has 2 aromatic carbocycles. The molecule has 1 aliphatic heterocycles. The van der Waals surface area contributed by atoms with Gasteiger partial charge >= 0.3 is 0 Å². The standard InChI is InChI=1S/C26H32ClN3O4/c1-17(2)16-28-25(32)23(29-24(31)19-8-4-6-10-21(19)27)18-12-14-30(15-13-18)26(33)20-9-5-7-11-22(20)34-3/h4-11,17-18,23H,12-16H2,1-3H3,(H,28,32)(H,29,31)/t23-/m1/s1. The second-order valence-electron chi connectivity index (χ2n) is 8.90. The molecule has 0 aliphatic carbocycles. The number of carbonyl (C=O) groups is 3. The van der Waals surface area contributed by atoms with Gasteiger partial charge in [-0.25, -0.2) is 0 Å². The fraction of sp³-hybridized carbons (Fsp3) is 0.423. The summed E-state index contributed by atoms with van der Waals surface area (Å²) in [5.74, 6) is 0.000298. The first-order valence-corrected chi connectivity index (χ1v) is 11.9. The maximum absolute atomic E-state index is 13.1. The Balaban J connectivity index is 1.71. The number of rotatable bonds is 8.